The Kier molecular flexibility index (Phi) is 3.48. The Balaban J connectivity index is 1.99. The third-order valence-corrected chi connectivity index (χ3v) is 3.97. The molecule has 22 heavy (non-hydrogen) atoms. The van der Waals surface area contributed by atoms with Crippen molar-refractivity contribution in [2.45, 2.75) is 26.7 Å². The third-order valence-electron chi connectivity index (χ3n) is 3.97. The van der Waals surface area contributed by atoms with Crippen LogP contribution in [0.15, 0.2) is 28.7 Å². The largest absolute Gasteiger partial charge is 0.475 e. The molecule has 3 rings (SSSR count). The van der Waals surface area contributed by atoms with E-state index < -0.39 is 5.97 Å². The highest BCUT2D eigenvalue weighted by Gasteiger charge is 2.27. The van der Waals surface area contributed by atoms with E-state index in [0.29, 0.717) is 6.54 Å². The van der Waals surface area contributed by atoms with Gasteiger partial charge in [-0.05, 0) is 61.6 Å². The average molecular weight is 299 g/mol. The molecule has 0 fully saturated rings. The lowest BCUT2D eigenvalue weighted by Crippen LogP contribution is -2.35. The summed E-state index contributed by atoms with van der Waals surface area (Å²) >= 11 is 0. The van der Waals surface area contributed by atoms with Gasteiger partial charge in [-0.1, -0.05) is 6.07 Å². The van der Waals surface area contributed by atoms with Crippen LogP contribution in [0.3, 0.4) is 0 Å². The summed E-state index contributed by atoms with van der Waals surface area (Å²) in [4.78, 5) is 25.2. The van der Waals surface area contributed by atoms with Crippen LogP contribution in [-0.4, -0.2) is 23.5 Å². The SMILES string of the molecule is Cc1cc(C)c2c(c1)N(C(=O)c1ccc(C(=O)O)o1)CCC2. The molecule has 0 radical (unpaired) electrons. The molecular weight excluding hydrogens is 282 g/mol. The summed E-state index contributed by atoms with van der Waals surface area (Å²) in [5, 5.41) is 8.90. The van der Waals surface area contributed by atoms with Crippen molar-refractivity contribution in [2.24, 2.45) is 0 Å². The molecule has 1 aromatic carbocycles. The minimum absolute atomic E-state index is 0.0596. The number of hydrogen-bond donors (Lipinski definition) is 1. The number of anilines is 1. The summed E-state index contributed by atoms with van der Waals surface area (Å²) < 4.78 is 5.14. The fourth-order valence-electron chi connectivity index (χ4n) is 2.99. The molecule has 0 spiro atoms. The van der Waals surface area contributed by atoms with E-state index in [2.05, 4.69) is 13.0 Å². The van der Waals surface area contributed by atoms with Gasteiger partial charge in [0.2, 0.25) is 5.76 Å². The molecule has 0 bridgehead atoms. The number of aryl methyl sites for hydroxylation is 2. The summed E-state index contributed by atoms with van der Waals surface area (Å²) in [5.41, 5.74) is 4.36. The van der Waals surface area contributed by atoms with Crippen LogP contribution in [0, 0.1) is 13.8 Å². The Morgan fingerprint density at radius 3 is 2.59 bits per heavy atom. The summed E-state index contributed by atoms with van der Waals surface area (Å²) in [6.45, 7) is 4.66. The van der Waals surface area contributed by atoms with E-state index in [-0.39, 0.29) is 17.4 Å². The lowest BCUT2D eigenvalue weighted by Gasteiger charge is -2.30. The van der Waals surface area contributed by atoms with Crippen LogP contribution in [0.25, 0.3) is 0 Å². The van der Waals surface area contributed by atoms with E-state index in [1.165, 1.54) is 23.3 Å². The number of rotatable bonds is 2. The second-order valence-electron chi connectivity index (χ2n) is 5.61. The maximum absolute atomic E-state index is 12.7. The van der Waals surface area contributed by atoms with Crippen molar-refractivity contribution in [1.82, 2.24) is 0 Å². The van der Waals surface area contributed by atoms with Gasteiger partial charge in [0, 0.05) is 12.2 Å². The quantitative estimate of drug-likeness (QED) is 0.924. The predicted molar refractivity (Wildman–Crippen MR) is 81.6 cm³/mol. The van der Waals surface area contributed by atoms with Crippen molar-refractivity contribution in [3.63, 3.8) is 0 Å². The van der Waals surface area contributed by atoms with Gasteiger partial charge >= 0.3 is 5.97 Å². The van der Waals surface area contributed by atoms with Gasteiger partial charge in [0.05, 0.1) is 0 Å². The van der Waals surface area contributed by atoms with Gasteiger partial charge in [-0.25, -0.2) is 4.79 Å². The lowest BCUT2D eigenvalue weighted by atomic mass is 9.95. The van der Waals surface area contributed by atoms with E-state index in [4.69, 9.17) is 9.52 Å². The van der Waals surface area contributed by atoms with E-state index in [0.717, 1.165) is 24.1 Å². The summed E-state index contributed by atoms with van der Waals surface area (Å²) in [7, 11) is 0. The molecule has 5 heteroatoms. The number of carbonyl (C=O) groups excluding carboxylic acids is 1. The molecule has 1 N–H and O–H groups in total. The molecular formula is C17H17NO4. The highest BCUT2D eigenvalue weighted by atomic mass is 16.4. The van der Waals surface area contributed by atoms with Crippen molar-refractivity contribution < 1.29 is 19.1 Å². The highest BCUT2D eigenvalue weighted by molar-refractivity contribution is 6.05. The van der Waals surface area contributed by atoms with Gasteiger partial charge in [-0.3, -0.25) is 4.79 Å². The van der Waals surface area contributed by atoms with Gasteiger partial charge < -0.3 is 14.4 Å². The first-order valence-corrected chi connectivity index (χ1v) is 7.22. The van der Waals surface area contributed by atoms with Crippen LogP contribution in [0.5, 0.6) is 0 Å². The second kappa shape index (κ2) is 5.33. The van der Waals surface area contributed by atoms with Crippen LogP contribution >= 0.6 is 0 Å². The van der Waals surface area contributed by atoms with E-state index >= 15 is 0 Å². The molecule has 1 aliphatic rings. The number of nitrogens with zero attached hydrogens (tertiary/aromatic N) is 1. The van der Waals surface area contributed by atoms with E-state index in [1.54, 1.807) is 4.90 Å². The molecule has 2 aromatic rings. The van der Waals surface area contributed by atoms with Gasteiger partial charge in [0.25, 0.3) is 5.91 Å². The number of benzene rings is 1. The number of furan rings is 1. The zero-order valence-electron chi connectivity index (χ0n) is 12.5. The standard InChI is InChI=1S/C17H17NO4/c1-10-8-11(2)12-4-3-7-18(13(12)9-10)16(19)14-5-6-15(22-14)17(20)21/h5-6,8-9H,3-4,7H2,1-2H3,(H,20,21). The van der Waals surface area contributed by atoms with Crippen LogP contribution in [0.1, 0.15) is 44.2 Å². The Morgan fingerprint density at radius 1 is 1.18 bits per heavy atom. The maximum Gasteiger partial charge on any atom is 0.371 e. The monoisotopic (exact) mass is 299 g/mol. The van der Waals surface area contributed by atoms with Crippen LogP contribution in [-0.2, 0) is 6.42 Å². The van der Waals surface area contributed by atoms with Crippen LogP contribution in [0.4, 0.5) is 5.69 Å². The van der Waals surface area contributed by atoms with Crippen molar-refractivity contribution in [1.29, 1.82) is 0 Å². The summed E-state index contributed by atoms with van der Waals surface area (Å²) in [6.07, 6.45) is 1.83. The Bertz CT molecular complexity index is 760. The van der Waals surface area contributed by atoms with Crippen molar-refractivity contribution in [3.05, 3.63) is 52.5 Å². The molecule has 2 heterocycles. The van der Waals surface area contributed by atoms with Gasteiger partial charge in [0.15, 0.2) is 5.76 Å². The summed E-state index contributed by atoms with van der Waals surface area (Å²) in [5.74, 6) is -1.63. The Labute approximate surface area is 128 Å². The third kappa shape index (κ3) is 2.39. The minimum Gasteiger partial charge on any atom is -0.475 e. The molecule has 1 aromatic heterocycles. The molecule has 0 atom stereocenters. The Hall–Kier alpha value is -2.56. The predicted octanol–water partition coefficient (Wildman–Crippen LogP) is 3.19. The second-order valence-corrected chi connectivity index (χ2v) is 5.61. The normalized spacial score (nSPS) is 13.8. The van der Waals surface area contributed by atoms with Crippen LogP contribution in [0.2, 0.25) is 0 Å². The maximum atomic E-state index is 12.7. The number of carboxylic acid groups (broad SMARTS) is 1. The molecule has 0 unspecified atom stereocenters. The highest BCUT2D eigenvalue weighted by Crippen LogP contribution is 2.32. The smallest absolute Gasteiger partial charge is 0.371 e. The van der Waals surface area contributed by atoms with Crippen LogP contribution < -0.4 is 4.90 Å². The van der Waals surface area contributed by atoms with E-state index in [1.807, 2.05) is 13.0 Å². The van der Waals surface area contributed by atoms with Gasteiger partial charge in [-0.2, -0.15) is 0 Å². The minimum atomic E-state index is -1.18. The van der Waals surface area contributed by atoms with Crippen molar-refractivity contribution >= 4 is 17.6 Å². The topological polar surface area (TPSA) is 70.8 Å². The first-order valence-electron chi connectivity index (χ1n) is 7.22. The molecule has 0 saturated carbocycles. The molecule has 1 amide bonds. The first-order chi connectivity index (χ1) is 10.5. The van der Waals surface area contributed by atoms with Crippen molar-refractivity contribution in [3.8, 4) is 0 Å². The average Bonchev–Trinajstić information content (AvgIpc) is 2.96. The van der Waals surface area contributed by atoms with Gasteiger partial charge in [0.1, 0.15) is 0 Å². The molecule has 5 nitrogen and oxygen atoms in total. The molecule has 0 aliphatic carbocycles. The number of carboxylic acids is 1. The zero-order valence-corrected chi connectivity index (χ0v) is 12.5. The fourth-order valence-corrected chi connectivity index (χ4v) is 2.99. The molecule has 0 saturated heterocycles. The van der Waals surface area contributed by atoms with Crippen molar-refractivity contribution in [2.75, 3.05) is 11.4 Å². The zero-order chi connectivity index (χ0) is 15.9. The van der Waals surface area contributed by atoms with E-state index in [9.17, 15) is 9.59 Å². The number of amides is 1. The number of carbonyl (C=O) groups is 2. The molecule has 114 valence electrons. The number of fused-ring (bicyclic) bond motifs is 1. The molecule has 1 aliphatic heterocycles. The number of hydrogen-bond acceptors (Lipinski definition) is 3. The fraction of sp³-hybridized carbons (Fsp3) is 0.294. The summed E-state index contributed by atoms with van der Waals surface area (Å²) in [6, 6.07) is 6.84. The first kappa shape index (κ1) is 14.4. The van der Waals surface area contributed by atoms with Gasteiger partial charge in [-0.15, -0.1) is 0 Å². The lowest BCUT2D eigenvalue weighted by molar-refractivity contribution is 0.0660. The Morgan fingerprint density at radius 2 is 1.91 bits per heavy atom. The number of aromatic carboxylic acids is 1.